The molecule has 2 heterocycles. The summed E-state index contributed by atoms with van der Waals surface area (Å²) in [6.07, 6.45) is 0. The summed E-state index contributed by atoms with van der Waals surface area (Å²) in [4.78, 5) is 14.7. The predicted molar refractivity (Wildman–Crippen MR) is 62.0 cm³/mol. The number of aromatic nitrogens is 5. The maximum absolute atomic E-state index is 10.9. The van der Waals surface area contributed by atoms with E-state index in [2.05, 4.69) is 20.3 Å². The highest BCUT2D eigenvalue weighted by Gasteiger charge is 2.18. The molecule has 3 aromatic rings. The number of nitro benzene ring substituents is 1. The van der Waals surface area contributed by atoms with E-state index in [0.717, 1.165) is 0 Å². The van der Waals surface area contributed by atoms with E-state index in [9.17, 15) is 10.1 Å². The average molecular weight is 244 g/mol. The molecular weight excluding hydrogens is 236 g/mol. The summed E-state index contributed by atoms with van der Waals surface area (Å²) in [5.41, 5.74) is 0.424. The number of rotatable bonds is 2. The molecule has 0 spiro atoms. The van der Waals surface area contributed by atoms with Crippen molar-refractivity contribution in [2.75, 3.05) is 0 Å². The van der Waals surface area contributed by atoms with Crippen molar-refractivity contribution in [3.63, 3.8) is 0 Å². The van der Waals surface area contributed by atoms with E-state index in [4.69, 9.17) is 0 Å². The van der Waals surface area contributed by atoms with E-state index >= 15 is 0 Å². The molecule has 0 aliphatic rings. The first-order chi connectivity index (χ1) is 8.66. The number of para-hydroxylation sites is 1. The van der Waals surface area contributed by atoms with Crippen LogP contribution in [-0.2, 0) is 0 Å². The summed E-state index contributed by atoms with van der Waals surface area (Å²) in [5, 5.41) is 21.5. The van der Waals surface area contributed by atoms with Crippen molar-refractivity contribution in [1.82, 2.24) is 24.8 Å². The van der Waals surface area contributed by atoms with Gasteiger partial charge in [0.15, 0.2) is 11.6 Å². The zero-order valence-corrected chi connectivity index (χ0v) is 9.36. The van der Waals surface area contributed by atoms with Gasteiger partial charge in [-0.3, -0.25) is 15.2 Å². The first-order valence-corrected chi connectivity index (χ1v) is 5.18. The van der Waals surface area contributed by atoms with Crippen LogP contribution in [0.5, 0.6) is 0 Å². The van der Waals surface area contributed by atoms with Crippen molar-refractivity contribution >= 4 is 11.5 Å². The monoisotopic (exact) mass is 244 g/mol. The molecule has 18 heavy (non-hydrogen) atoms. The van der Waals surface area contributed by atoms with Gasteiger partial charge < -0.3 is 0 Å². The van der Waals surface area contributed by atoms with Crippen LogP contribution in [0.3, 0.4) is 0 Å². The van der Waals surface area contributed by atoms with Gasteiger partial charge in [-0.05, 0) is 13.0 Å². The van der Waals surface area contributed by atoms with E-state index in [1.165, 1.54) is 6.07 Å². The number of hydrogen-bond donors (Lipinski definition) is 1. The van der Waals surface area contributed by atoms with Crippen LogP contribution in [-0.4, -0.2) is 29.7 Å². The summed E-state index contributed by atoms with van der Waals surface area (Å²) in [5.74, 6) is 1.43. The quantitative estimate of drug-likeness (QED) is 0.541. The fraction of sp³-hybridized carbons (Fsp3) is 0.100. The first kappa shape index (κ1) is 10.4. The van der Waals surface area contributed by atoms with E-state index in [0.29, 0.717) is 23.0 Å². The molecular formula is C10H8N6O2. The van der Waals surface area contributed by atoms with Gasteiger partial charge in [0.05, 0.1) is 10.5 Å². The molecule has 0 bridgehead atoms. The molecule has 0 fully saturated rings. The largest absolute Gasteiger partial charge is 0.280 e. The van der Waals surface area contributed by atoms with Crippen LogP contribution in [0.4, 0.5) is 5.69 Å². The lowest BCUT2D eigenvalue weighted by Gasteiger charge is -1.97. The highest BCUT2D eigenvalue weighted by molar-refractivity contribution is 5.68. The number of hydrogen-bond acceptors (Lipinski definition) is 5. The number of nitro groups is 1. The number of nitrogens with one attached hydrogen (secondary N) is 1. The molecule has 2 aromatic heterocycles. The number of benzene rings is 1. The van der Waals surface area contributed by atoms with Crippen molar-refractivity contribution in [2.24, 2.45) is 0 Å². The second kappa shape index (κ2) is 3.62. The minimum absolute atomic E-state index is 0.000107. The second-order valence-electron chi connectivity index (χ2n) is 3.73. The normalized spacial score (nSPS) is 10.9. The molecule has 1 N–H and O–H groups in total. The van der Waals surface area contributed by atoms with Crippen molar-refractivity contribution < 1.29 is 4.92 Å². The van der Waals surface area contributed by atoms with E-state index in [1.807, 2.05) is 0 Å². The molecule has 0 saturated heterocycles. The molecule has 0 atom stereocenters. The summed E-state index contributed by atoms with van der Waals surface area (Å²) in [6.45, 7) is 1.77. The van der Waals surface area contributed by atoms with Crippen LogP contribution in [0.15, 0.2) is 24.3 Å². The Morgan fingerprint density at radius 3 is 2.83 bits per heavy atom. The fourth-order valence-electron chi connectivity index (χ4n) is 1.74. The number of nitrogens with zero attached hydrogens (tertiary/aromatic N) is 5. The van der Waals surface area contributed by atoms with Crippen molar-refractivity contribution in [3.05, 3.63) is 40.2 Å². The molecule has 0 amide bonds. The van der Waals surface area contributed by atoms with E-state index in [-0.39, 0.29) is 5.69 Å². The van der Waals surface area contributed by atoms with Crippen LogP contribution >= 0.6 is 0 Å². The molecule has 0 unspecified atom stereocenters. The number of aromatic amines is 1. The van der Waals surface area contributed by atoms with Crippen LogP contribution in [0, 0.1) is 17.0 Å². The highest BCUT2D eigenvalue weighted by Crippen LogP contribution is 2.26. The third kappa shape index (κ3) is 1.43. The Bertz CT molecular complexity index is 744. The lowest BCUT2D eigenvalue weighted by atomic mass is 10.2. The fourth-order valence-corrected chi connectivity index (χ4v) is 1.74. The third-order valence-electron chi connectivity index (χ3n) is 2.59. The van der Waals surface area contributed by atoms with Crippen LogP contribution < -0.4 is 0 Å². The molecule has 3 rings (SSSR count). The van der Waals surface area contributed by atoms with Gasteiger partial charge in [0.25, 0.3) is 11.5 Å². The molecule has 0 aliphatic carbocycles. The van der Waals surface area contributed by atoms with E-state index < -0.39 is 4.92 Å². The molecule has 0 saturated carbocycles. The van der Waals surface area contributed by atoms with Gasteiger partial charge in [-0.15, -0.1) is 10.2 Å². The van der Waals surface area contributed by atoms with Crippen molar-refractivity contribution in [3.8, 4) is 11.4 Å². The molecule has 0 aliphatic heterocycles. The second-order valence-corrected chi connectivity index (χ2v) is 3.73. The Morgan fingerprint density at radius 1 is 1.33 bits per heavy atom. The van der Waals surface area contributed by atoms with Gasteiger partial charge in [0.1, 0.15) is 0 Å². The van der Waals surface area contributed by atoms with Gasteiger partial charge in [0.2, 0.25) is 0 Å². The number of aryl methyl sites for hydroxylation is 1. The lowest BCUT2D eigenvalue weighted by molar-refractivity contribution is -0.384. The minimum atomic E-state index is -0.439. The Balaban J connectivity index is 2.22. The minimum Gasteiger partial charge on any atom is -0.272 e. The van der Waals surface area contributed by atoms with Gasteiger partial charge in [-0.25, -0.2) is 4.52 Å². The van der Waals surface area contributed by atoms with Gasteiger partial charge in [-0.2, -0.15) is 4.98 Å². The Labute approximate surface area is 100 Å². The topological polar surface area (TPSA) is 102 Å². The molecule has 90 valence electrons. The summed E-state index contributed by atoms with van der Waals surface area (Å²) in [6, 6.07) is 6.41. The van der Waals surface area contributed by atoms with Crippen LogP contribution in [0.25, 0.3) is 17.2 Å². The summed E-state index contributed by atoms with van der Waals surface area (Å²) in [7, 11) is 0. The Morgan fingerprint density at radius 2 is 2.11 bits per heavy atom. The van der Waals surface area contributed by atoms with Gasteiger partial charge in [0, 0.05) is 6.07 Å². The average Bonchev–Trinajstić information content (AvgIpc) is 2.92. The first-order valence-electron chi connectivity index (χ1n) is 5.18. The Hall–Kier alpha value is -2.77. The highest BCUT2D eigenvalue weighted by atomic mass is 16.6. The van der Waals surface area contributed by atoms with E-state index in [1.54, 1.807) is 29.6 Å². The van der Waals surface area contributed by atoms with Gasteiger partial charge >= 0.3 is 0 Å². The third-order valence-corrected chi connectivity index (χ3v) is 2.59. The zero-order chi connectivity index (χ0) is 12.7. The summed E-state index contributed by atoms with van der Waals surface area (Å²) >= 11 is 0. The number of fused-ring (bicyclic) bond motifs is 1. The van der Waals surface area contributed by atoms with Crippen molar-refractivity contribution in [1.29, 1.82) is 0 Å². The predicted octanol–water partition coefficient (Wildman–Crippen LogP) is 1.34. The van der Waals surface area contributed by atoms with Crippen LogP contribution in [0.1, 0.15) is 5.82 Å². The Kier molecular flexibility index (Phi) is 2.09. The maximum Gasteiger partial charge on any atom is 0.280 e. The van der Waals surface area contributed by atoms with Crippen molar-refractivity contribution in [2.45, 2.75) is 6.92 Å². The molecule has 8 nitrogen and oxygen atoms in total. The smallest absolute Gasteiger partial charge is 0.272 e. The molecule has 1 aromatic carbocycles. The summed E-state index contributed by atoms with van der Waals surface area (Å²) < 4.78 is 1.58. The zero-order valence-electron chi connectivity index (χ0n) is 9.36. The maximum atomic E-state index is 10.9. The SMILES string of the molecule is Cc1nnc2nc(-c3ccccc3[N+](=O)[O-])[nH]n12. The standard InChI is InChI=1S/C10H8N6O2/c1-6-12-13-10-11-9(14-15(6)10)7-4-2-3-5-8(7)16(17)18/h2-5H,1H3,(H,11,13,14). The number of H-pyrrole nitrogens is 1. The lowest BCUT2D eigenvalue weighted by Crippen LogP contribution is -1.94. The van der Waals surface area contributed by atoms with Crippen LogP contribution in [0.2, 0.25) is 0 Å². The van der Waals surface area contributed by atoms with Gasteiger partial charge in [-0.1, -0.05) is 12.1 Å². The molecule has 0 radical (unpaired) electrons. The molecule has 8 heteroatoms.